The van der Waals surface area contributed by atoms with E-state index in [9.17, 15) is 9.18 Å². The van der Waals surface area contributed by atoms with Crippen LogP contribution in [0.4, 0.5) is 20.6 Å². The molecule has 4 N–H and O–H groups in total. The Kier molecular flexibility index (Phi) is 5.63. The Morgan fingerprint density at radius 3 is 2.57 bits per heavy atom. The van der Waals surface area contributed by atoms with Gasteiger partial charge in [-0.1, -0.05) is 0 Å². The van der Waals surface area contributed by atoms with Gasteiger partial charge in [0.2, 0.25) is 0 Å². The summed E-state index contributed by atoms with van der Waals surface area (Å²) in [7, 11) is 1.38. The fraction of sp³-hybridized carbons (Fsp3) is 0.500. The van der Waals surface area contributed by atoms with Crippen LogP contribution in [-0.2, 0) is 4.74 Å². The van der Waals surface area contributed by atoms with Crippen molar-refractivity contribution < 1.29 is 18.7 Å². The number of benzene rings is 1. The largest absolute Gasteiger partial charge is 0.494 e. The minimum atomic E-state index is -0.535. The smallest absolute Gasteiger partial charge is 0.407 e. The van der Waals surface area contributed by atoms with E-state index in [1.54, 1.807) is 20.8 Å². The fourth-order valence-corrected chi connectivity index (χ4v) is 1.55. The summed E-state index contributed by atoms with van der Waals surface area (Å²) in [5.74, 6) is -0.417. The lowest BCUT2D eigenvalue weighted by Gasteiger charge is -2.19. The Balaban J connectivity index is 2.45. The first-order valence-electron chi connectivity index (χ1n) is 6.56. The van der Waals surface area contributed by atoms with Gasteiger partial charge in [-0.3, -0.25) is 0 Å². The molecule has 0 saturated heterocycles. The predicted molar refractivity (Wildman–Crippen MR) is 80.1 cm³/mol. The quantitative estimate of drug-likeness (QED) is 0.574. The van der Waals surface area contributed by atoms with Crippen molar-refractivity contribution in [2.45, 2.75) is 26.4 Å². The summed E-state index contributed by atoms with van der Waals surface area (Å²) < 4.78 is 23.3. The van der Waals surface area contributed by atoms with E-state index in [0.29, 0.717) is 18.8 Å². The lowest BCUT2D eigenvalue weighted by molar-refractivity contribution is 0.0530. The molecule has 0 atom stereocenters. The van der Waals surface area contributed by atoms with E-state index < -0.39 is 17.5 Å². The maximum absolute atomic E-state index is 13.4. The van der Waals surface area contributed by atoms with Gasteiger partial charge in [0.1, 0.15) is 5.60 Å². The second-order valence-electron chi connectivity index (χ2n) is 5.43. The van der Waals surface area contributed by atoms with Crippen molar-refractivity contribution in [1.29, 1.82) is 0 Å². The molecule has 0 aromatic heterocycles. The summed E-state index contributed by atoms with van der Waals surface area (Å²) in [4.78, 5) is 11.4. The second-order valence-corrected chi connectivity index (χ2v) is 5.43. The fourth-order valence-electron chi connectivity index (χ4n) is 1.55. The molecule has 0 unspecified atom stereocenters. The first kappa shape index (κ1) is 16.9. The summed E-state index contributed by atoms with van der Waals surface area (Å²) in [5, 5.41) is 5.59. The van der Waals surface area contributed by atoms with Gasteiger partial charge in [0.15, 0.2) is 11.6 Å². The number of carbonyl (C=O) groups is 1. The standard InChI is InChI=1S/C14H22FN3O3/c1-14(2,3)21-13(19)18-6-5-17-11-8-12(20-4)9(15)7-10(11)16/h7-8,17H,5-6,16H2,1-4H3,(H,18,19). The SMILES string of the molecule is COc1cc(NCCNC(=O)OC(C)(C)C)c(N)cc1F. The molecule has 1 aromatic rings. The van der Waals surface area contributed by atoms with E-state index in [1.807, 2.05) is 0 Å². The highest BCUT2D eigenvalue weighted by Gasteiger charge is 2.15. The summed E-state index contributed by atoms with van der Waals surface area (Å²) >= 11 is 0. The zero-order valence-electron chi connectivity index (χ0n) is 12.7. The predicted octanol–water partition coefficient (Wildman–Crippen LogP) is 2.35. The van der Waals surface area contributed by atoms with Crippen molar-refractivity contribution in [2.75, 3.05) is 31.2 Å². The molecule has 21 heavy (non-hydrogen) atoms. The van der Waals surface area contributed by atoms with Gasteiger partial charge in [0.05, 0.1) is 18.5 Å². The van der Waals surface area contributed by atoms with Crippen LogP contribution in [0.3, 0.4) is 0 Å². The Labute approximate surface area is 123 Å². The maximum Gasteiger partial charge on any atom is 0.407 e. The first-order valence-corrected chi connectivity index (χ1v) is 6.56. The Morgan fingerprint density at radius 2 is 2.00 bits per heavy atom. The molecule has 1 aromatic carbocycles. The summed E-state index contributed by atoms with van der Waals surface area (Å²) in [5.41, 5.74) is 5.97. The molecule has 0 radical (unpaired) electrons. The third-order valence-corrected chi connectivity index (χ3v) is 2.43. The Hall–Kier alpha value is -2.18. The number of halogens is 1. The molecular formula is C14H22FN3O3. The molecule has 1 rings (SSSR count). The molecule has 0 fully saturated rings. The number of alkyl carbamates (subject to hydrolysis) is 1. The van der Waals surface area contributed by atoms with E-state index in [2.05, 4.69) is 10.6 Å². The summed E-state index contributed by atoms with van der Waals surface area (Å²) in [6.45, 7) is 6.12. The van der Waals surface area contributed by atoms with Crippen molar-refractivity contribution in [1.82, 2.24) is 5.32 Å². The van der Waals surface area contributed by atoms with Crippen molar-refractivity contribution in [3.05, 3.63) is 17.9 Å². The van der Waals surface area contributed by atoms with Crippen LogP contribution in [0.25, 0.3) is 0 Å². The third kappa shape index (κ3) is 5.76. The van der Waals surface area contributed by atoms with Crippen LogP contribution < -0.4 is 21.1 Å². The molecule has 0 heterocycles. The number of nitrogen functional groups attached to an aromatic ring is 1. The third-order valence-electron chi connectivity index (χ3n) is 2.43. The van der Waals surface area contributed by atoms with Crippen LogP contribution >= 0.6 is 0 Å². The number of anilines is 2. The van der Waals surface area contributed by atoms with Gasteiger partial charge < -0.3 is 25.8 Å². The van der Waals surface area contributed by atoms with Crippen molar-refractivity contribution >= 4 is 17.5 Å². The van der Waals surface area contributed by atoms with E-state index in [1.165, 1.54) is 19.2 Å². The molecule has 0 saturated carbocycles. The normalized spacial score (nSPS) is 10.9. The molecule has 0 spiro atoms. The van der Waals surface area contributed by atoms with Crippen LogP contribution in [0.5, 0.6) is 5.75 Å². The molecule has 0 bridgehead atoms. The van der Waals surface area contributed by atoms with E-state index in [0.717, 1.165) is 0 Å². The summed E-state index contributed by atoms with van der Waals surface area (Å²) in [6.07, 6.45) is -0.492. The molecule has 0 aliphatic rings. The minimum Gasteiger partial charge on any atom is -0.494 e. The number of carbonyl (C=O) groups excluding carboxylic acids is 1. The Morgan fingerprint density at radius 1 is 1.33 bits per heavy atom. The number of hydrogen-bond acceptors (Lipinski definition) is 5. The van der Waals surface area contributed by atoms with E-state index >= 15 is 0 Å². The zero-order valence-corrected chi connectivity index (χ0v) is 12.7. The molecule has 0 aliphatic carbocycles. The number of amides is 1. The molecule has 7 heteroatoms. The van der Waals surface area contributed by atoms with Crippen molar-refractivity contribution in [3.8, 4) is 5.75 Å². The average molecular weight is 299 g/mol. The van der Waals surface area contributed by atoms with E-state index in [-0.39, 0.29) is 11.4 Å². The van der Waals surface area contributed by atoms with Crippen molar-refractivity contribution in [2.24, 2.45) is 0 Å². The number of methoxy groups -OCH3 is 1. The minimum absolute atomic E-state index is 0.104. The highest BCUT2D eigenvalue weighted by Crippen LogP contribution is 2.27. The highest BCUT2D eigenvalue weighted by molar-refractivity contribution is 5.69. The van der Waals surface area contributed by atoms with Gasteiger partial charge in [-0.25, -0.2) is 9.18 Å². The lowest BCUT2D eigenvalue weighted by atomic mass is 10.2. The highest BCUT2D eigenvalue weighted by atomic mass is 19.1. The zero-order chi connectivity index (χ0) is 16.0. The van der Waals surface area contributed by atoms with Gasteiger partial charge in [-0.2, -0.15) is 0 Å². The number of nitrogens with one attached hydrogen (secondary N) is 2. The van der Waals surface area contributed by atoms with Crippen molar-refractivity contribution in [3.63, 3.8) is 0 Å². The first-order chi connectivity index (χ1) is 9.73. The molecule has 0 aliphatic heterocycles. The number of nitrogens with two attached hydrogens (primary N) is 1. The Bertz CT molecular complexity index is 501. The second kappa shape index (κ2) is 7.01. The maximum atomic E-state index is 13.4. The van der Waals surface area contributed by atoms with Gasteiger partial charge in [-0.05, 0) is 20.8 Å². The van der Waals surface area contributed by atoms with Gasteiger partial charge >= 0.3 is 6.09 Å². The number of ether oxygens (including phenoxy) is 2. The van der Waals surface area contributed by atoms with Crippen LogP contribution in [0.15, 0.2) is 12.1 Å². The van der Waals surface area contributed by atoms with Gasteiger partial charge in [0.25, 0.3) is 0 Å². The van der Waals surface area contributed by atoms with Crippen LogP contribution in [0.1, 0.15) is 20.8 Å². The lowest BCUT2D eigenvalue weighted by Crippen LogP contribution is -2.35. The molecule has 6 nitrogen and oxygen atoms in total. The topological polar surface area (TPSA) is 85.6 Å². The van der Waals surface area contributed by atoms with Crippen LogP contribution in [0, 0.1) is 5.82 Å². The van der Waals surface area contributed by atoms with E-state index in [4.69, 9.17) is 15.2 Å². The number of hydrogen-bond donors (Lipinski definition) is 3. The molecule has 118 valence electrons. The monoisotopic (exact) mass is 299 g/mol. The molecule has 1 amide bonds. The number of rotatable bonds is 5. The molecular weight excluding hydrogens is 277 g/mol. The van der Waals surface area contributed by atoms with Crippen LogP contribution in [-0.4, -0.2) is 31.9 Å². The van der Waals surface area contributed by atoms with Crippen LogP contribution in [0.2, 0.25) is 0 Å². The average Bonchev–Trinajstić information content (AvgIpc) is 2.34. The van der Waals surface area contributed by atoms with Gasteiger partial charge in [0, 0.05) is 25.2 Å². The summed E-state index contributed by atoms with van der Waals surface area (Å²) in [6, 6.07) is 2.65. The van der Waals surface area contributed by atoms with Gasteiger partial charge in [-0.15, -0.1) is 0 Å².